The van der Waals surface area contributed by atoms with Gasteiger partial charge in [0.25, 0.3) is 0 Å². The van der Waals surface area contributed by atoms with Gasteiger partial charge in [0.15, 0.2) is 0 Å². The van der Waals surface area contributed by atoms with Gasteiger partial charge in [0.05, 0.1) is 4.47 Å². The van der Waals surface area contributed by atoms with Crippen LogP contribution in [0.1, 0.15) is 25.7 Å². The summed E-state index contributed by atoms with van der Waals surface area (Å²) in [7, 11) is 0. The van der Waals surface area contributed by atoms with Crippen molar-refractivity contribution in [2.75, 3.05) is 18.4 Å². The van der Waals surface area contributed by atoms with Gasteiger partial charge in [-0.05, 0) is 35.3 Å². The van der Waals surface area contributed by atoms with Crippen molar-refractivity contribution in [2.24, 2.45) is 5.73 Å². The number of unbranched alkanes of at least 4 members (excludes halogenated alkanes) is 3. The van der Waals surface area contributed by atoms with E-state index in [0.717, 1.165) is 36.2 Å². The Morgan fingerprint density at radius 2 is 2.07 bits per heavy atom. The Bertz CT molecular complexity index is 280. The molecule has 0 saturated heterocycles. The van der Waals surface area contributed by atoms with Crippen LogP contribution in [-0.2, 0) is 0 Å². The lowest BCUT2D eigenvalue weighted by atomic mass is 10.2. The molecule has 3 N–H and O–H groups in total. The van der Waals surface area contributed by atoms with Crippen LogP contribution in [0.4, 0.5) is 5.82 Å². The van der Waals surface area contributed by atoms with Gasteiger partial charge >= 0.3 is 0 Å². The van der Waals surface area contributed by atoms with Crippen LogP contribution in [0.25, 0.3) is 0 Å². The summed E-state index contributed by atoms with van der Waals surface area (Å²) in [6, 6.07) is 0. The lowest BCUT2D eigenvalue weighted by molar-refractivity contribution is 0.661. The zero-order valence-electron chi connectivity index (χ0n) is 8.75. The normalized spacial score (nSPS) is 10.3. The number of hydrogen-bond donors (Lipinski definition) is 2. The lowest BCUT2D eigenvalue weighted by Crippen LogP contribution is -2.04. The number of hydrogen-bond acceptors (Lipinski definition) is 4. The molecule has 1 rings (SSSR count). The first kappa shape index (κ1) is 12.4. The van der Waals surface area contributed by atoms with Crippen LogP contribution in [0, 0.1) is 0 Å². The minimum Gasteiger partial charge on any atom is -0.369 e. The first-order chi connectivity index (χ1) is 7.34. The second kappa shape index (κ2) is 7.59. The predicted octanol–water partition coefficient (Wildman–Crippen LogP) is 2.17. The molecule has 0 radical (unpaired) electrons. The molecule has 0 amide bonds. The van der Waals surface area contributed by atoms with Gasteiger partial charge in [-0.15, -0.1) is 0 Å². The molecular formula is C10H17BrN4. The summed E-state index contributed by atoms with van der Waals surface area (Å²) in [4.78, 5) is 8.02. The van der Waals surface area contributed by atoms with E-state index in [1.807, 2.05) is 0 Å². The summed E-state index contributed by atoms with van der Waals surface area (Å²) in [6.07, 6.45) is 7.98. The van der Waals surface area contributed by atoms with Crippen LogP contribution in [0.2, 0.25) is 0 Å². The molecule has 0 saturated carbocycles. The van der Waals surface area contributed by atoms with Crippen molar-refractivity contribution < 1.29 is 0 Å². The Balaban J connectivity index is 2.12. The summed E-state index contributed by atoms with van der Waals surface area (Å²) in [6.45, 7) is 1.74. The second-order valence-corrected chi connectivity index (χ2v) is 4.20. The highest BCUT2D eigenvalue weighted by atomic mass is 79.9. The molecular weight excluding hydrogens is 256 g/mol. The molecule has 15 heavy (non-hydrogen) atoms. The molecule has 1 heterocycles. The summed E-state index contributed by atoms with van der Waals surface area (Å²) in [5, 5.41) is 3.26. The predicted molar refractivity (Wildman–Crippen MR) is 65.7 cm³/mol. The van der Waals surface area contributed by atoms with E-state index in [4.69, 9.17) is 5.73 Å². The van der Waals surface area contributed by atoms with Crippen LogP contribution in [0.15, 0.2) is 17.0 Å². The third-order valence-electron chi connectivity index (χ3n) is 2.09. The standard InChI is InChI=1S/C10H17BrN4/c11-9-7-13-8-15-10(9)14-6-4-2-1-3-5-12/h7-8H,1-6,12H2,(H,13,14,15). The Morgan fingerprint density at radius 3 is 2.80 bits per heavy atom. The van der Waals surface area contributed by atoms with Crippen LogP contribution < -0.4 is 11.1 Å². The van der Waals surface area contributed by atoms with Crippen molar-refractivity contribution in [3.8, 4) is 0 Å². The Labute approximate surface area is 98.8 Å². The molecule has 0 atom stereocenters. The Kier molecular flexibility index (Phi) is 6.27. The summed E-state index contributed by atoms with van der Waals surface area (Å²) >= 11 is 3.39. The molecule has 0 aliphatic rings. The van der Waals surface area contributed by atoms with Gasteiger partial charge in [0, 0.05) is 12.7 Å². The molecule has 0 aromatic carbocycles. The monoisotopic (exact) mass is 272 g/mol. The molecule has 84 valence electrons. The molecule has 1 aromatic heterocycles. The minimum atomic E-state index is 0.797. The van der Waals surface area contributed by atoms with E-state index in [9.17, 15) is 0 Å². The largest absolute Gasteiger partial charge is 0.369 e. The summed E-state index contributed by atoms with van der Waals surface area (Å²) in [5.41, 5.74) is 5.42. The number of nitrogens with zero attached hydrogens (tertiary/aromatic N) is 2. The van der Waals surface area contributed by atoms with Crippen molar-refractivity contribution >= 4 is 21.7 Å². The maximum atomic E-state index is 5.42. The van der Waals surface area contributed by atoms with E-state index in [0.29, 0.717) is 0 Å². The van der Waals surface area contributed by atoms with Crippen LogP contribution >= 0.6 is 15.9 Å². The number of aromatic nitrogens is 2. The van der Waals surface area contributed by atoms with Gasteiger partial charge in [-0.1, -0.05) is 12.8 Å². The quantitative estimate of drug-likeness (QED) is 0.747. The number of rotatable bonds is 7. The fourth-order valence-electron chi connectivity index (χ4n) is 1.27. The van der Waals surface area contributed by atoms with Gasteiger partial charge < -0.3 is 11.1 Å². The number of halogens is 1. The van der Waals surface area contributed by atoms with Crippen LogP contribution in [0.3, 0.4) is 0 Å². The second-order valence-electron chi connectivity index (χ2n) is 3.35. The maximum Gasteiger partial charge on any atom is 0.143 e. The summed E-state index contributed by atoms with van der Waals surface area (Å²) in [5.74, 6) is 0.865. The first-order valence-electron chi connectivity index (χ1n) is 5.24. The van der Waals surface area contributed by atoms with E-state index in [1.165, 1.54) is 12.8 Å². The van der Waals surface area contributed by atoms with E-state index >= 15 is 0 Å². The maximum absolute atomic E-state index is 5.42. The SMILES string of the molecule is NCCCCCCNc1ncncc1Br. The third-order valence-corrected chi connectivity index (χ3v) is 2.67. The highest BCUT2D eigenvalue weighted by molar-refractivity contribution is 9.10. The number of anilines is 1. The summed E-state index contributed by atoms with van der Waals surface area (Å²) < 4.78 is 0.909. The number of nitrogens with two attached hydrogens (primary N) is 1. The molecule has 5 heteroatoms. The van der Waals surface area contributed by atoms with E-state index in [1.54, 1.807) is 12.5 Å². The van der Waals surface area contributed by atoms with Gasteiger partial charge in [-0.25, -0.2) is 9.97 Å². The van der Waals surface area contributed by atoms with Gasteiger partial charge in [0.1, 0.15) is 12.1 Å². The molecule has 0 aliphatic carbocycles. The Hall–Kier alpha value is -0.680. The molecule has 0 spiro atoms. The highest BCUT2D eigenvalue weighted by Crippen LogP contribution is 2.16. The van der Waals surface area contributed by atoms with Crippen LogP contribution in [0.5, 0.6) is 0 Å². The lowest BCUT2D eigenvalue weighted by Gasteiger charge is -2.06. The van der Waals surface area contributed by atoms with Gasteiger partial charge in [-0.3, -0.25) is 0 Å². The third kappa shape index (κ3) is 5.09. The highest BCUT2D eigenvalue weighted by Gasteiger charge is 1.98. The average molecular weight is 273 g/mol. The molecule has 0 unspecified atom stereocenters. The number of nitrogens with one attached hydrogen (secondary N) is 1. The van der Waals surface area contributed by atoms with Crippen molar-refractivity contribution in [3.63, 3.8) is 0 Å². The molecule has 0 bridgehead atoms. The van der Waals surface area contributed by atoms with Crippen LogP contribution in [-0.4, -0.2) is 23.1 Å². The fourth-order valence-corrected chi connectivity index (χ4v) is 1.63. The van der Waals surface area contributed by atoms with E-state index in [2.05, 4.69) is 31.2 Å². The molecule has 0 aliphatic heterocycles. The first-order valence-corrected chi connectivity index (χ1v) is 6.03. The van der Waals surface area contributed by atoms with E-state index in [-0.39, 0.29) is 0 Å². The fraction of sp³-hybridized carbons (Fsp3) is 0.600. The zero-order chi connectivity index (χ0) is 10.9. The van der Waals surface area contributed by atoms with Crippen molar-refractivity contribution in [1.29, 1.82) is 0 Å². The molecule has 4 nitrogen and oxygen atoms in total. The van der Waals surface area contributed by atoms with Crippen molar-refractivity contribution in [2.45, 2.75) is 25.7 Å². The zero-order valence-corrected chi connectivity index (χ0v) is 10.3. The topological polar surface area (TPSA) is 63.8 Å². The minimum absolute atomic E-state index is 0.797. The average Bonchev–Trinajstić information content (AvgIpc) is 2.25. The van der Waals surface area contributed by atoms with Gasteiger partial charge in [-0.2, -0.15) is 0 Å². The molecule has 0 fully saturated rings. The van der Waals surface area contributed by atoms with Crippen molar-refractivity contribution in [1.82, 2.24) is 9.97 Å². The van der Waals surface area contributed by atoms with Gasteiger partial charge in [0.2, 0.25) is 0 Å². The smallest absolute Gasteiger partial charge is 0.143 e. The Morgan fingerprint density at radius 1 is 1.27 bits per heavy atom. The van der Waals surface area contributed by atoms with Crippen molar-refractivity contribution in [3.05, 3.63) is 17.0 Å². The molecule has 1 aromatic rings. The van der Waals surface area contributed by atoms with E-state index < -0.39 is 0 Å².